The average Bonchev–Trinajstić information content (AvgIpc) is 2.25. The van der Waals surface area contributed by atoms with Crippen molar-refractivity contribution in [3.63, 3.8) is 0 Å². The van der Waals surface area contributed by atoms with Gasteiger partial charge >= 0.3 is 0 Å². The molecule has 15 heavy (non-hydrogen) atoms. The van der Waals surface area contributed by atoms with Crippen LogP contribution in [0.15, 0.2) is 12.1 Å². The molecule has 1 aliphatic carbocycles. The maximum Gasteiger partial charge on any atom is 0.161 e. The molecule has 2 N–H and O–H groups in total. The van der Waals surface area contributed by atoms with Crippen molar-refractivity contribution in [1.29, 1.82) is 0 Å². The summed E-state index contributed by atoms with van der Waals surface area (Å²) in [6.45, 7) is 0.748. The van der Waals surface area contributed by atoms with Crippen molar-refractivity contribution in [1.82, 2.24) is 0 Å². The number of ether oxygens (including phenoxy) is 2. The fourth-order valence-corrected chi connectivity index (χ4v) is 2.20. The second-order valence-corrected chi connectivity index (χ2v) is 3.88. The van der Waals surface area contributed by atoms with Crippen molar-refractivity contribution < 1.29 is 9.47 Å². The Bertz CT molecular complexity index is 363. The molecule has 0 saturated carbocycles. The second kappa shape index (κ2) is 4.11. The zero-order valence-corrected chi connectivity index (χ0v) is 9.25. The average molecular weight is 207 g/mol. The lowest BCUT2D eigenvalue weighted by Crippen LogP contribution is -2.20. The summed E-state index contributed by atoms with van der Waals surface area (Å²) < 4.78 is 10.5. The third kappa shape index (κ3) is 1.67. The molecule has 1 aliphatic rings. The molecule has 1 atom stereocenters. The summed E-state index contributed by atoms with van der Waals surface area (Å²) in [5, 5.41) is 0. The van der Waals surface area contributed by atoms with Crippen LogP contribution in [-0.2, 0) is 6.42 Å². The molecule has 0 radical (unpaired) electrons. The molecule has 0 aromatic heterocycles. The molecule has 0 amide bonds. The van der Waals surface area contributed by atoms with Gasteiger partial charge in [-0.05, 0) is 48.6 Å². The van der Waals surface area contributed by atoms with E-state index >= 15 is 0 Å². The van der Waals surface area contributed by atoms with Gasteiger partial charge in [0.1, 0.15) is 0 Å². The second-order valence-electron chi connectivity index (χ2n) is 3.88. The van der Waals surface area contributed by atoms with E-state index in [2.05, 4.69) is 12.1 Å². The summed E-state index contributed by atoms with van der Waals surface area (Å²) in [6, 6.07) is 4.15. The van der Waals surface area contributed by atoms with Crippen molar-refractivity contribution in [2.24, 2.45) is 5.73 Å². The Morgan fingerprint density at radius 1 is 1.27 bits per heavy atom. The number of nitrogens with two attached hydrogens (primary N) is 1. The first-order valence-electron chi connectivity index (χ1n) is 5.25. The van der Waals surface area contributed by atoms with E-state index in [0.717, 1.165) is 30.9 Å². The monoisotopic (exact) mass is 207 g/mol. The van der Waals surface area contributed by atoms with Gasteiger partial charge in [-0.15, -0.1) is 0 Å². The third-order valence-electron chi connectivity index (χ3n) is 3.07. The van der Waals surface area contributed by atoms with Gasteiger partial charge in [0, 0.05) is 0 Å². The Hall–Kier alpha value is -1.22. The van der Waals surface area contributed by atoms with Crippen LogP contribution < -0.4 is 15.2 Å². The van der Waals surface area contributed by atoms with E-state index in [9.17, 15) is 0 Å². The molecule has 0 fully saturated rings. The minimum atomic E-state index is 0.616. The van der Waals surface area contributed by atoms with Gasteiger partial charge in [0.25, 0.3) is 0 Å². The van der Waals surface area contributed by atoms with Crippen LogP contribution in [0.1, 0.15) is 23.5 Å². The fourth-order valence-electron chi connectivity index (χ4n) is 2.20. The predicted molar refractivity (Wildman–Crippen MR) is 59.7 cm³/mol. The Morgan fingerprint density at radius 2 is 1.93 bits per heavy atom. The smallest absolute Gasteiger partial charge is 0.161 e. The molecule has 2 rings (SSSR count). The van der Waals surface area contributed by atoms with E-state index in [1.165, 1.54) is 11.1 Å². The SMILES string of the molecule is COc1cc2c(cc1OC)[C@H](CCN)C2. The molecular weight excluding hydrogens is 190 g/mol. The lowest BCUT2D eigenvalue weighted by atomic mass is 9.75. The molecular formula is C12H17NO2. The van der Waals surface area contributed by atoms with Gasteiger partial charge in [0.2, 0.25) is 0 Å². The molecule has 0 saturated heterocycles. The first-order chi connectivity index (χ1) is 7.30. The van der Waals surface area contributed by atoms with Crippen molar-refractivity contribution in [2.75, 3.05) is 20.8 Å². The molecule has 0 bridgehead atoms. The minimum absolute atomic E-state index is 0.616. The largest absolute Gasteiger partial charge is 0.493 e. The van der Waals surface area contributed by atoms with E-state index in [-0.39, 0.29) is 0 Å². The van der Waals surface area contributed by atoms with Crippen molar-refractivity contribution in [3.05, 3.63) is 23.3 Å². The summed E-state index contributed by atoms with van der Waals surface area (Å²) >= 11 is 0. The van der Waals surface area contributed by atoms with E-state index < -0.39 is 0 Å². The maximum atomic E-state index is 5.57. The quantitative estimate of drug-likeness (QED) is 0.817. The summed E-state index contributed by atoms with van der Waals surface area (Å²) in [5.74, 6) is 2.25. The highest BCUT2D eigenvalue weighted by atomic mass is 16.5. The molecule has 1 aromatic carbocycles. The summed E-state index contributed by atoms with van der Waals surface area (Å²) in [7, 11) is 3.33. The van der Waals surface area contributed by atoms with E-state index in [0.29, 0.717) is 5.92 Å². The first kappa shape index (κ1) is 10.3. The standard InChI is InChI=1S/C12H17NO2/c1-14-11-6-9-5-8(3-4-13)10(9)7-12(11)15-2/h6-8H,3-5,13H2,1-2H3/t8-/m1/s1. The van der Waals surface area contributed by atoms with Gasteiger partial charge in [0.15, 0.2) is 11.5 Å². The molecule has 3 heteroatoms. The Labute approximate surface area is 90.2 Å². The van der Waals surface area contributed by atoms with E-state index in [1.807, 2.05) is 0 Å². The van der Waals surface area contributed by atoms with Gasteiger partial charge in [0.05, 0.1) is 14.2 Å². The number of benzene rings is 1. The Balaban J connectivity index is 2.28. The normalized spacial score (nSPS) is 17.9. The van der Waals surface area contributed by atoms with Crippen molar-refractivity contribution in [2.45, 2.75) is 18.8 Å². The highest BCUT2D eigenvalue weighted by molar-refractivity contribution is 5.53. The predicted octanol–water partition coefficient (Wildman–Crippen LogP) is 1.69. The number of rotatable bonds is 4. The van der Waals surface area contributed by atoms with Crippen LogP contribution in [0.3, 0.4) is 0 Å². The summed E-state index contributed by atoms with van der Waals surface area (Å²) in [4.78, 5) is 0. The molecule has 0 spiro atoms. The first-order valence-corrected chi connectivity index (χ1v) is 5.25. The highest BCUT2D eigenvalue weighted by Gasteiger charge is 2.27. The van der Waals surface area contributed by atoms with Gasteiger partial charge in [-0.25, -0.2) is 0 Å². The van der Waals surface area contributed by atoms with E-state index in [4.69, 9.17) is 15.2 Å². The molecule has 82 valence electrons. The zero-order valence-electron chi connectivity index (χ0n) is 9.25. The minimum Gasteiger partial charge on any atom is -0.493 e. The number of fused-ring (bicyclic) bond motifs is 1. The number of hydrogen-bond acceptors (Lipinski definition) is 3. The molecule has 1 aromatic rings. The lowest BCUT2D eigenvalue weighted by Gasteiger charge is -2.31. The van der Waals surface area contributed by atoms with Crippen LogP contribution in [0, 0.1) is 0 Å². The van der Waals surface area contributed by atoms with Crippen molar-refractivity contribution >= 4 is 0 Å². The van der Waals surface area contributed by atoms with Crippen molar-refractivity contribution in [3.8, 4) is 11.5 Å². The summed E-state index contributed by atoms with van der Waals surface area (Å²) in [5.41, 5.74) is 8.31. The van der Waals surface area contributed by atoms with Gasteiger partial charge in [-0.1, -0.05) is 0 Å². The van der Waals surface area contributed by atoms with Gasteiger partial charge in [-0.2, -0.15) is 0 Å². The highest BCUT2D eigenvalue weighted by Crippen LogP contribution is 2.43. The molecule has 0 aliphatic heterocycles. The maximum absolute atomic E-state index is 5.57. The Kier molecular flexibility index (Phi) is 2.82. The van der Waals surface area contributed by atoms with Crippen LogP contribution in [0.2, 0.25) is 0 Å². The molecule has 0 heterocycles. The fraction of sp³-hybridized carbons (Fsp3) is 0.500. The Morgan fingerprint density at radius 3 is 2.53 bits per heavy atom. The topological polar surface area (TPSA) is 44.5 Å². The van der Waals surface area contributed by atoms with Crippen LogP contribution in [0.5, 0.6) is 11.5 Å². The van der Waals surface area contributed by atoms with Crippen LogP contribution in [0.4, 0.5) is 0 Å². The zero-order chi connectivity index (χ0) is 10.8. The molecule has 3 nitrogen and oxygen atoms in total. The molecule has 0 unspecified atom stereocenters. The number of methoxy groups -OCH3 is 2. The van der Waals surface area contributed by atoms with E-state index in [1.54, 1.807) is 14.2 Å². The lowest BCUT2D eigenvalue weighted by molar-refractivity contribution is 0.351. The van der Waals surface area contributed by atoms with Crippen LogP contribution >= 0.6 is 0 Å². The van der Waals surface area contributed by atoms with Crippen LogP contribution in [-0.4, -0.2) is 20.8 Å². The third-order valence-corrected chi connectivity index (χ3v) is 3.07. The summed E-state index contributed by atoms with van der Waals surface area (Å²) in [6.07, 6.45) is 2.18. The van der Waals surface area contributed by atoms with Crippen LogP contribution in [0.25, 0.3) is 0 Å². The number of hydrogen-bond donors (Lipinski definition) is 1. The van der Waals surface area contributed by atoms with Gasteiger partial charge in [-0.3, -0.25) is 0 Å². The van der Waals surface area contributed by atoms with Gasteiger partial charge < -0.3 is 15.2 Å².